The third-order valence-electron chi connectivity index (χ3n) is 2.94. The van der Waals surface area contributed by atoms with E-state index >= 15 is 0 Å². The van der Waals surface area contributed by atoms with Crippen LogP contribution in [0, 0.1) is 11.8 Å². The van der Waals surface area contributed by atoms with E-state index in [1.54, 1.807) is 0 Å². The molecule has 2 nitrogen and oxygen atoms in total. The van der Waals surface area contributed by atoms with Gasteiger partial charge in [0.2, 0.25) is 0 Å². The van der Waals surface area contributed by atoms with E-state index in [-0.39, 0.29) is 18.0 Å². The second kappa shape index (κ2) is 3.17. The Bertz CT molecular complexity index is 253. The van der Waals surface area contributed by atoms with Crippen LogP contribution in [0.3, 0.4) is 0 Å². The number of fused-ring (bicyclic) bond motifs is 2. The summed E-state index contributed by atoms with van der Waals surface area (Å²) in [7, 11) is 0. The van der Waals surface area contributed by atoms with E-state index in [0.29, 0.717) is 5.92 Å². The summed E-state index contributed by atoms with van der Waals surface area (Å²) in [6.45, 7) is 3.81. The van der Waals surface area contributed by atoms with Gasteiger partial charge in [0.05, 0.1) is 12.0 Å². The van der Waals surface area contributed by atoms with Gasteiger partial charge < -0.3 is 4.74 Å². The van der Waals surface area contributed by atoms with Crippen LogP contribution in [-0.2, 0) is 9.53 Å². The summed E-state index contributed by atoms with van der Waals surface area (Å²) in [6.07, 6.45) is 5.49. The summed E-state index contributed by atoms with van der Waals surface area (Å²) in [4.78, 5) is 11.6. The van der Waals surface area contributed by atoms with E-state index < -0.39 is 0 Å². The Morgan fingerprint density at radius 3 is 2.77 bits per heavy atom. The minimum Gasteiger partial charge on any atom is -0.463 e. The highest BCUT2D eigenvalue weighted by molar-refractivity contribution is 5.74. The Labute approximate surface area is 79.0 Å². The van der Waals surface area contributed by atoms with E-state index in [2.05, 4.69) is 6.08 Å². The molecule has 13 heavy (non-hydrogen) atoms. The lowest BCUT2D eigenvalue weighted by Crippen LogP contribution is -2.24. The van der Waals surface area contributed by atoms with Crippen LogP contribution < -0.4 is 0 Å². The van der Waals surface area contributed by atoms with Crippen molar-refractivity contribution in [2.75, 3.05) is 0 Å². The van der Waals surface area contributed by atoms with Crippen molar-refractivity contribution in [3.8, 4) is 0 Å². The summed E-state index contributed by atoms with van der Waals surface area (Å²) in [5.41, 5.74) is 1.47. The third kappa shape index (κ3) is 1.62. The van der Waals surface area contributed by atoms with Crippen LogP contribution in [-0.4, -0.2) is 12.1 Å². The fraction of sp³-hybridized carbons (Fsp3) is 0.727. The SMILES string of the molecule is CC(C)OC(=O)C1CC2=CCC1C2. The van der Waals surface area contributed by atoms with Gasteiger partial charge in [-0.1, -0.05) is 11.6 Å². The highest BCUT2D eigenvalue weighted by Crippen LogP contribution is 2.44. The van der Waals surface area contributed by atoms with Gasteiger partial charge in [0.25, 0.3) is 0 Å². The predicted molar refractivity (Wildman–Crippen MR) is 50.1 cm³/mol. The predicted octanol–water partition coefficient (Wildman–Crippen LogP) is 2.29. The second-order valence-electron chi connectivity index (χ2n) is 4.36. The topological polar surface area (TPSA) is 26.3 Å². The van der Waals surface area contributed by atoms with Crippen molar-refractivity contribution in [1.82, 2.24) is 0 Å². The molecule has 2 atom stereocenters. The number of rotatable bonds is 2. The smallest absolute Gasteiger partial charge is 0.309 e. The van der Waals surface area contributed by atoms with Crippen molar-refractivity contribution in [2.24, 2.45) is 11.8 Å². The maximum Gasteiger partial charge on any atom is 0.309 e. The molecule has 0 aliphatic heterocycles. The number of hydrogen-bond acceptors (Lipinski definition) is 2. The van der Waals surface area contributed by atoms with Crippen LogP contribution in [0.1, 0.15) is 33.1 Å². The molecular formula is C11H16O2. The van der Waals surface area contributed by atoms with Gasteiger partial charge in [0.1, 0.15) is 0 Å². The van der Waals surface area contributed by atoms with E-state index in [1.165, 1.54) is 5.57 Å². The molecule has 0 amide bonds. The first-order valence-electron chi connectivity index (χ1n) is 5.05. The molecule has 0 aromatic heterocycles. The molecule has 0 aromatic carbocycles. The fourth-order valence-electron chi connectivity index (χ4n) is 2.34. The van der Waals surface area contributed by atoms with E-state index in [0.717, 1.165) is 19.3 Å². The average molecular weight is 180 g/mol. The first kappa shape index (κ1) is 8.79. The molecule has 1 fully saturated rings. The van der Waals surface area contributed by atoms with Gasteiger partial charge in [-0.05, 0) is 39.0 Å². The summed E-state index contributed by atoms with van der Waals surface area (Å²) < 4.78 is 5.22. The van der Waals surface area contributed by atoms with Crippen LogP contribution in [0.15, 0.2) is 11.6 Å². The van der Waals surface area contributed by atoms with Crippen molar-refractivity contribution in [2.45, 2.75) is 39.2 Å². The molecule has 2 aliphatic carbocycles. The van der Waals surface area contributed by atoms with Crippen molar-refractivity contribution in [1.29, 1.82) is 0 Å². The molecule has 2 aliphatic rings. The fourth-order valence-corrected chi connectivity index (χ4v) is 2.34. The molecule has 2 bridgehead atoms. The highest BCUT2D eigenvalue weighted by atomic mass is 16.5. The molecule has 2 rings (SSSR count). The standard InChI is InChI=1S/C11H16O2/c1-7(2)13-11(12)10-6-8-3-4-9(10)5-8/h3,7,9-10H,4-6H2,1-2H3. The lowest BCUT2D eigenvalue weighted by molar-refractivity contribution is -0.153. The molecule has 0 N–H and O–H groups in total. The Morgan fingerprint density at radius 2 is 2.31 bits per heavy atom. The lowest BCUT2D eigenvalue weighted by Gasteiger charge is -2.18. The lowest BCUT2D eigenvalue weighted by atomic mass is 9.92. The van der Waals surface area contributed by atoms with Crippen LogP contribution >= 0.6 is 0 Å². The zero-order valence-corrected chi connectivity index (χ0v) is 8.25. The number of allylic oxidation sites excluding steroid dienone is 2. The largest absolute Gasteiger partial charge is 0.463 e. The molecule has 1 saturated carbocycles. The molecular weight excluding hydrogens is 164 g/mol. The number of ether oxygens (including phenoxy) is 1. The minimum absolute atomic E-state index is 0.0168. The molecule has 0 saturated heterocycles. The first-order chi connectivity index (χ1) is 6.16. The van der Waals surface area contributed by atoms with Gasteiger partial charge in [-0.25, -0.2) is 0 Å². The van der Waals surface area contributed by atoms with Gasteiger partial charge in [-0.15, -0.1) is 0 Å². The molecule has 2 heteroatoms. The number of hydrogen-bond donors (Lipinski definition) is 0. The van der Waals surface area contributed by atoms with Gasteiger partial charge in [0, 0.05) is 0 Å². The van der Waals surface area contributed by atoms with Crippen LogP contribution in [0.2, 0.25) is 0 Å². The van der Waals surface area contributed by atoms with Crippen molar-refractivity contribution in [3.63, 3.8) is 0 Å². The van der Waals surface area contributed by atoms with E-state index in [9.17, 15) is 4.79 Å². The minimum atomic E-state index is 0.0168. The monoisotopic (exact) mass is 180 g/mol. The first-order valence-corrected chi connectivity index (χ1v) is 5.05. The van der Waals surface area contributed by atoms with Crippen LogP contribution in [0.4, 0.5) is 0 Å². The molecule has 0 heterocycles. The van der Waals surface area contributed by atoms with Gasteiger partial charge in [-0.2, -0.15) is 0 Å². The maximum atomic E-state index is 11.6. The Hall–Kier alpha value is -0.790. The number of carbonyl (C=O) groups is 1. The van der Waals surface area contributed by atoms with Gasteiger partial charge in [0.15, 0.2) is 0 Å². The molecule has 72 valence electrons. The van der Waals surface area contributed by atoms with Crippen molar-refractivity contribution in [3.05, 3.63) is 11.6 Å². The van der Waals surface area contributed by atoms with Crippen molar-refractivity contribution >= 4 is 5.97 Å². The normalized spacial score (nSPS) is 30.8. The Balaban J connectivity index is 1.96. The second-order valence-corrected chi connectivity index (χ2v) is 4.36. The summed E-state index contributed by atoms with van der Waals surface area (Å²) in [5, 5.41) is 0. The molecule has 2 unspecified atom stereocenters. The highest BCUT2D eigenvalue weighted by Gasteiger charge is 2.39. The average Bonchev–Trinajstić information content (AvgIpc) is 2.62. The number of esters is 1. The van der Waals surface area contributed by atoms with Gasteiger partial charge >= 0.3 is 5.97 Å². The summed E-state index contributed by atoms with van der Waals surface area (Å²) in [5.74, 6) is 0.742. The quantitative estimate of drug-likeness (QED) is 0.481. The Kier molecular flexibility index (Phi) is 2.14. The maximum absolute atomic E-state index is 11.6. The molecule has 0 aromatic rings. The van der Waals surface area contributed by atoms with Crippen LogP contribution in [0.25, 0.3) is 0 Å². The summed E-state index contributed by atoms with van der Waals surface area (Å²) >= 11 is 0. The van der Waals surface area contributed by atoms with E-state index in [4.69, 9.17) is 4.74 Å². The number of carbonyl (C=O) groups excluding carboxylic acids is 1. The van der Waals surface area contributed by atoms with E-state index in [1.807, 2.05) is 13.8 Å². The van der Waals surface area contributed by atoms with Crippen molar-refractivity contribution < 1.29 is 9.53 Å². The summed E-state index contributed by atoms with van der Waals surface area (Å²) in [6, 6.07) is 0. The zero-order valence-electron chi connectivity index (χ0n) is 8.25. The van der Waals surface area contributed by atoms with Gasteiger partial charge in [-0.3, -0.25) is 4.79 Å². The zero-order chi connectivity index (χ0) is 9.42. The molecule has 0 radical (unpaired) electrons. The Morgan fingerprint density at radius 1 is 1.54 bits per heavy atom. The van der Waals surface area contributed by atoms with Crippen LogP contribution in [0.5, 0.6) is 0 Å². The molecule has 0 spiro atoms. The third-order valence-corrected chi connectivity index (χ3v) is 2.94.